The van der Waals surface area contributed by atoms with Crippen molar-refractivity contribution in [3.8, 4) is 11.4 Å². The zero-order valence-corrected chi connectivity index (χ0v) is 14.1. The number of benzene rings is 1. The van der Waals surface area contributed by atoms with Gasteiger partial charge in [0.1, 0.15) is 11.5 Å². The summed E-state index contributed by atoms with van der Waals surface area (Å²) in [5.74, 6) is -0.114. The Balaban J connectivity index is 2.26. The van der Waals surface area contributed by atoms with E-state index >= 15 is 0 Å². The molecule has 26 heavy (non-hydrogen) atoms. The van der Waals surface area contributed by atoms with Crippen LogP contribution in [0.4, 0.5) is 13.2 Å². The van der Waals surface area contributed by atoms with Gasteiger partial charge in [0, 0.05) is 18.7 Å². The average Bonchev–Trinajstić information content (AvgIpc) is 2.94. The van der Waals surface area contributed by atoms with Crippen LogP contribution in [0, 0.1) is 0 Å². The number of nitrogens with one attached hydrogen (secondary N) is 1. The Morgan fingerprint density at radius 3 is 2.62 bits per heavy atom. The van der Waals surface area contributed by atoms with Crippen LogP contribution in [0.3, 0.4) is 0 Å². The SMILES string of the molecule is CC(=O)N/N=C/c1nc(-c2ccccc2)n2cc(C(F)(F)F)cc(Cl)c12. The van der Waals surface area contributed by atoms with Gasteiger partial charge in [-0.25, -0.2) is 10.4 Å². The summed E-state index contributed by atoms with van der Waals surface area (Å²) in [5, 5.41) is 3.60. The number of carbonyl (C=O) groups is 1. The summed E-state index contributed by atoms with van der Waals surface area (Å²) in [6.07, 6.45) is -2.38. The lowest BCUT2D eigenvalue weighted by atomic mass is 10.2. The Labute approximate surface area is 151 Å². The number of alkyl halides is 3. The van der Waals surface area contributed by atoms with E-state index in [4.69, 9.17) is 11.6 Å². The molecule has 1 aromatic carbocycles. The normalized spacial score (nSPS) is 12.0. The molecule has 0 radical (unpaired) electrons. The third-order valence-corrected chi connectivity index (χ3v) is 3.77. The van der Waals surface area contributed by atoms with E-state index in [1.807, 2.05) is 0 Å². The van der Waals surface area contributed by atoms with E-state index < -0.39 is 17.6 Å². The molecule has 0 saturated carbocycles. The van der Waals surface area contributed by atoms with E-state index in [1.54, 1.807) is 30.3 Å². The predicted molar refractivity (Wildman–Crippen MR) is 92.1 cm³/mol. The number of halogens is 4. The number of hydrogen-bond donors (Lipinski definition) is 1. The lowest BCUT2D eigenvalue weighted by Crippen LogP contribution is -2.12. The Morgan fingerprint density at radius 2 is 2.00 bits per heavy atom. The summed E-state index contributed by atoms with van der Waals surface area (Å²) in [4.78, 5) is 15.3. The Bertz CT molecular complexity index is 997. The minimum Gasteiger partial charge on any atom is -0.297 e. The van der Waals surface area contributed by atoms with Crippen LogP contribution in [0.25, 0.3) is 16.9 Å². The van der Waals surface area contributed by atoms with E-state index in [0.717, 1.165) is 12.3 Å². The fourth-order valence-electron chi connectivity index (χ4n) is 2.41. The van der Waals surface area contributed by atoms with Crippen LogP contribution >= 0.6 is 11.6 Å². The standard InChI is InChI=1S/C17H12ClF3N4O/c1-10(26)24-22-8-14-15-13(18)7-12(17(19,20)21)9-25(15)16(23-14)11-5-3-2-4-6-11/h2-9H,1H3,(H,24,26)/b22-8+. The highest BCUT2D eigenvalue weighted by atomic mass is 35.5. The number of hydrazone groups is 1. The van der Waals surface area contributed by atoms with Gasteiger partial charge in [-0.2, -0.15) is 18.3 Å². The van der Waals surface area contributed by atoms with Gasteiger partial charge in [0.2, 0.25) is 5.91 Å². The molecule has 1 N–H and O–H groups in total. The third-order valence-electron chi connectivity index (χ3n) is 3.48. The highest BCUT2D eigenvalue weighted by Crippen LogP contribution is 2.35. The van der Waals surface area contributed by atoms with Gasteiger partial charge in [0.05, 0.1) is 22.3 Å². The summed E-state index contributed by atoms with van der Waals surface area (Å²) in [5.41, 5.74) is 2.43. The van der Waals surface area contributed by atoms with E-state index in [2.05, 4.69) is 15.5 Å². The van der Waals surface area contributed by atoms with Crippen LogP contribution < -0.4 is 5.43 Å². The van der Waals surface area contributed by atoms with E-state index in [9.17, 15) is 18.0 Å². The fourth-order valence-corrected chi connectivity index (χ4v) is 2.72. The van der Waals surface area contributed by atoms with Gasteiger partial charge in [0.25, 0.3) is 0 Å². The van der Waals surface area contributed by atoms with E-state index in [1.165, 1.54) is 17.5 Å². The molecular formula is C17H12ClF3N4O. The molecule has 134 valence electrons. The first-order valence-electron chi connectivity index (χ1n) is 7.41. The first-order valence-corrected chi connectivity index (χ1v) is 7.79. The first-order chi connectivity index (χ1) is 12.3. The van der Waals surface area contributed by atoms with Gasteiger partial charge in [0.15, 0.2) is 0 Å². The van der Waals surface area contributed by atoms with Crippen molar-refractivity contribution in [1.29, 1.82) is 0 Å². The van der Waals surface area contributed by atoms with Gasteiger partial charge >= 0.3 is 6.18 Å². The third kappa shape index (κ3) is 3.55. The molecule has 0 unspecified atom stereocenters. The zero-order valence-electron chi connectivity index (χ0n) is 13.4. The number of fused-ring (bicyclic) bond motifs is 1. The number of nitrogens with zero attached hydrogens (tertiary/aromatic N) is 3. The molecule has 3 aromatic rings. The molecule has 2 aromatic heterocycles. The second-order valence-electron chi connectivity index (χ2n) is 5.41. The molecule has 0 bridgehead atoms. The van der Waals surface area contributed by atoms with Crippen molar-refractivity contribution in [2.45, 2.75) is 13.1 Å². The summed E-state index contributed by atoms with van der Waals surface area (Å²) in [6.45, 7) is 1.28. The Kier molecular flexibility index (Phi) is 4.69. The van der Waals surface area contributed by atoms with E-state index in [0.29, 0.717) is 5.56 Å². The topological polar surface area (TPSA) is 58.8 Å². The Morgan fingerprint density at radius 1 is 1.31 bits per heavy atom. The van der Waals surface area contributed by atoms with Crippen LogP contribution in [0.5, 0.6) is 0 Å². The zero-order chi connectivity index (χ0) is 18.9. The van der Waals surface area contributed by atoms with Gasteiger partial charge < -0.3 is 0 Å². The number of aromatic nitrogens is 2. The molecule has 0 aliphatic rings. The molecule has 2 heterocycles. The maximum Gasteiger partial charge on any atom is 0.417 e. The van der Waals surface area contributed by atoms with Crippen LogP contribution in [-0.4, -0.2) is 21.5 Å². The lowest BCUT2D eigenvalue weighted by Gasteiger charge is -2.10. The predicted octanol–water partition coefficient (Wildman–Crippen LogP) is 4.14. The maximum atomic E-state index is 13.2. The van der Waals surface area contributed by atoms with Crippen LogP contribution in [0.1, 0.15) is 18.2 Å². The minimum absolute atomic E-state index is 0.126. The number of imidazole rings is 1. The maximum absolute atomic E-state index is 13.2. The molecule has 0 atom stereocenters. The summed E-state index contributed by atoms with van der Waals surface area (Å²) in [7, 11) is 0. The number of rotatable bonds is 3. The summed E-state index contributed by atoms with van der Waals surface area (Å²) < 4.78 is 40.8. The van der Waals surface area contributed by atoms with Crippen LogP contribution in [0.15, 0.2) is 47.7 Å². The van der Waals surface area contributed by atoms with E-state index in [-0.39, 0.29) is 22.1 Å². The number of pyridine rings is 1. The molecule has 0 aliphatic carbocycles. The minimum atomic E-state index is -4.56. The van der Waals surface area contributed by atoms with Crippen LogP contribution in [0.2, 0.25) is 5.02 Å². The van der Waals surface area contributed by atoms with Gasteiger partial charge in [-0.05, 0) is 6.07 Å². The molecular weight excluding hydrogens is 369 g/mol. The van der Waals surface area contributed by atoms with Crippen LogP contribution in [-0.2, 0) is 11.0 Å². The van der Waals surface area contributed by atoms with Gasteiger partial charge in [-0.1, -0.05) is 41.9 Å². The summed E-state index contributed by atoms with van der Waals surface area (Å²) in [6, 6.07) is 9.55. The molecule has 5 nitrogen and oxygen atoms in total. The van der Waals surface area contributed by atoms with Crippen molar-refractivity contribution < 1.29 is 18.0 Å². The largest absolute Gasteiger partial charge is 0.417 e. The molecule has 0 aliphatic heterocycles. The van der Waals surface area contributed by atoms with Gasteiger partial charge in [-0.3, -0.25) is 9.20 Å². The van der Waals surface area contributed by atoms with Crippen molar-refractivity contribution in [3.05, 3.63) is 58.9 Å². The smallest absolute Gasteiger partial charge is 0.297 e. The molecule has 0 saturated heterocycles. The number of hydrogen-bond acceptors (Lipinski definition) is 3. The second kappa shape index (κ2) is 6.80. The monoisotopic (exact) mass is 380 g/mol. The second-order valence-corrected chi connectivity index (χ2v) is 5.81. The number of carbonyl (C=O) groups excluding carboxylic acids is 1. The molecule has 0 fully saturated rings. The quantitative estimate of drug-likeness (QED) is 0.548. The van der Waals surface area contributed by atoms with Crippen molar-refractivity contribution in [3.63, 3.8) is 0 Å². The lowest BCUT2D eigenvalue weighted by molar-refractivity contribution is -0.137. The highest BCUT2D eigenvalue weighted by molar-refractivity contribution is 6.34. The molecule has 9 heteroatoms. The highest BCUT2D eigenvalue weighted by Gasteiger charge is 2.32. The summed E-state index contributed by atoms with van der Waals surface area (Å²) >= 11 is 6.11. The fraction of sp³-hybridized carbons (Fsp3) is 0.118. The van der Waals surface area contributed by atoms with Crippen molar-refractivity contribution >= 4 is 29.2 Å². The van der Waals surface area contributed by atoms with Crippen molar-refractivity contribution in [2.24, 2.45) is 5.10 Å². The molecule has 3 rings (SSSR count). The van der Waals surface area contributed by atoms with Gasteiger partial charge in [-0.15, -0.1) is 0 Å². The van der Waals surface area contributed by atoms with Crippen molar-refractivity contribution in [2.75, 3.05) is 0 Å². The first kappa shape index (κ1) is 17.9. The molecule has 0 spiro atoms. The number of amides is 1. The average molecular weight is 381 g/mol. The Hall–Kier alpha value is -2.87. The molecule has 1 amide bonds. The van der Waals surface area contributed by atoms with Crippen molar-refractivity contribution in [1.82, 2.24) is 14.8 Å².